The minimum absolute atomic E-state index is 0.0704. The Morgan fingerprint density at radius 2 is 1.60 bits per heavy atom. The molecule has 1 aromatic heterocycles. The van der Waals surface area contributed by atoms with E-state index in [1.165, 1.54) is 11.3 Å². The van der Waals surface area contributed by atoms with Crippen LogP contribution in [-0.2, 0) is 4.79 Å². The van der Waals surface area contributed by atoms with Crippen molar-refractivity contribution in [3.63, 3.8) is 0 Å². The Bertz CT molecular complexity index is 954. The summed E-state index contributed by atoms with van der Waals surface area (Å²) >= 11 is 1.40. The summed E-state index contributed by atoms with van der Waals surface area (Å²) in [6, 6.07) is 20.1. The van der Waals surface area contributed by atoms with Crippen LogP contribution in [0.5, 0.6) is 0 Å². The number of likely N-dealkylation sites (N-methyl/N-ethyl adjacent to an activating group) is 1. The first-order chi connectivity index (χ1) is 14.7. The van der Waals surface area contributed by atoms with E-state index in [9.17, 15) is 9.59 Å². The molecule has 2 aromatic carbocycles. The SMILES string of the molecule is CNC(=O)CN(C(=O)c1nc(-c2ccccc2)c(-c2ccccc2)s1)C1CCCC1. The third-order valence-electron chi connectivity index (χ3n) is 5.51. The number of rotatable bonds is 6. The third kappa shape index (κ3) is 4.28. The number of carbonyl (C=O) groups is 2. The molecule has 0 saturated heterocycles. The Kier molecular flexibility index (Phi) is 6.23. The number of carbonyl (C=O) groups excluding carboxylic acids is 2. The van der Waals surface area contributed by atoms with E-state index in [0.717, 1.165) is 47.4 Å². The van der Waals surface area contributed by atoms with Gasteiger partial charge in [0.25, 0.3) is 5.91 Å². The lowest BCUT2D eigenvalue weighted by Gasteiger charge is -2.27. The van der Waals surface area contributed by atoms with E-state index in [-0.39, 0.29) is 24.4 Å². The Morgan fingerprint density at radius 1 is 1.00 bits per heavy atom. The molecule has 0 unspecified atom stereocenters. The molecule has 6 heteroatoms. The second-order valence-electron chi connectivity index (χ2n) is 7.47. The zero-order valence-electron chi connectivity index (χ0n) is 17.0. The molecule has 1 heterocycles. The van der Waals surface area contributed by atoms with E-state index in [4.69, 9.17) is 4.98 Å². The van der Waals surface area contributed by atoms with Gasteiger partial charge in [0.15, 0.2) is 5.01 Å². The molecule has 3 aromatic rings. The van der Waals surface area contributed by atoms with Gasteiger partial charge in [-0.25, -0.2) is 4.98 Å². The van der Waals surface area contributed by atoms with Crippen LogP contribution in [0.2, 0.25) is 0 Å². The number of thiazole rings is 1. The summed E-state index contributed by atoms with van der Waals surface area (Å²) in [6.07, 6.45) is 4.05. The molecule has 154 valence electrons. The van der Waals surface area contributed by atoms with E-state index in [0.29, 0.717) is 5.01 Å². The van der Waals surface area contributed by atoms with Crippen LogP contribution in [0.4, 0.5) is 0 Å². The van der Waals surface area contributed by atoms with Crippen molar-refractivity contribution in [2.75, 3.05) is 13.6 Å². The third-order valence-corrected chi connectivity index (χ3v) is 6.60. The summed E-state index contributed by atoms with van der Waals surface area (Å²) in [5.74, 6) is -0.312. The summed E-state index contributed by atoms with van der Waals surface area (Å²) in [7, 11) is 1.60. The molecular formula is C24H25N3O2S. The molecule has 0 bridgehead atoms. The number of aromatic nitrogens is 1. The van der Waals surface area contributed by atoms with Gasteiger partial charge < -0.3 is 10.2 Å². The molecule has 0 aliphatic heterocycles. The Balaban J connectivity index is 1.75. The highest BCUT2D eigenvalue weighted by molar-refractivity contribution is 7.17. The van der Waals surface area contributed by atoms with E-state index in [1.54, 1.807) is 11.9 Å². The summed E-state index contributed by atoms with van der Waals surface area (Å²) < 4.78 is 0. The zero-order chi connectivity index (χ0) is 20.9. The molecule has 1 aliphatic rings. The monoisotopic (exact) mass is 419 g/mol. The maximum Gasteiger partial charge on any atom is 0.283 e. The minimum Gasteiger partial charge on any atom is -0.358 e. The minimum atomic E-state index is -0.158. The molecule has 1 aliphatic carbocycles. The lowest BCUT2D eigenvalue weighted by atomic mass is 10.1. The Labute approximate surface area is 180 Å². The molecule has 4 rings (SSSR count). The molecule has 0 spiro atoms. The van der Waals surface area contributed by atoms with Gasteiger partial charge in [-0.05, 0) is 18.4 Å². The van der Waals surface area contributed by atoms with Crippen LogP contribution < -0.4 is 5.32 Å². The smallest absolute Gasteiger partial charge is 0.283 e. The van der Waals surface area contributed by atoms with Crippen LogP contribution in [0.25, 0.3) is 21.7 Å². The fourth-order valence-corrected chi connectivity index (χ4v) is 4.98. The maximum absolute atomic E-state index is 13.5. The van der Waals surface area contributed by atoms with E-state index >= 15 is 0 Å². The van der Waals surface area contributed by atoms with Crippen molar-refractivity contribution >= 4 is 23.2 Å². The number of benzene rings is 2. The average molecular weight is 420 g/mol. The van der Waals surface area contributed by atoms with Crippen LogP contribution in [0.15, 0.2) is 60.7 Å². The van der Waals surface area contributed by atoms with Crippen LogP contribution in [0.3, 0.4) is 0 Å². The molecular weight excluding hydrogens is 394 g/mol. The van der Waals surface area contributed by atoms with Crippen molar-refractivity contribution in [1.29, 1.82) is 0 Å². The van der Waals surface area contributed by atoms with Gasteiger partial charge in [0, 0.05) is 18.7 Å². The molecule has 0 atom stereocenters. The van der Waals surface area contributed by atoms with Crippen molar-refractivity contribution in [3.05, 3.63) is 65.7 Å². The maximum atomic E-state index is 13.5. The number of amides is 2. The van der Waals surface area contributed by atoms with Gasteiger partial charge in [0.05, 0.1) is 10.6 Å². The molecule has 1 N–H and O–H groups in total. The van der Waals surface area contributed by atoms with Gasteiger partial charge in [-0.3, -0.25) is 9.59 Å². The lowest BCUT2D eigenvalue weighted by Crippen LogP contribution is -2.44. The van der Waals surface area contributed by atoms with Gasteiger partial charge in [0.1, 0.15) is 6.54 Å². The zero-order valence-corrected chi connectivity index (χ0v) is 17.8. The first kappa shape index (κ1) is 20.3. The fraction of sp³-hybridized carbons (Fsp3) is 0.292. The summed E-state index contributed by atoms with van der Waals surface area (Å²) in [6.45, 7) is 0.0704. The molecule has 1 saturated carbocycles. The van der Waals surface area contributed by atoms with Crippen molar-refractivity contribution in [2.45, 2.75) is 31.7 Å². The second kappa shape index (κ2) is 9.22. The highest BCUT2D eigenvalue weighted by Gasteiger charge is 2.31. The van der Waals surface area contributed by atoms with Crippen molar-refractivity contribution in [3.8, 4) is 21.7 Å². The number of nitrogens with one attached hydrogen (secondary N) is 1. The molecule has 1 fully saturated rings. The molecule has 30 heavy (non-hydrogen) atoms. The molecule has 2 amide bonds. The van der Waals surface area contributed by atoms with Crippen LogP contribution in [-0.4, -0.2) is 41.3 Å². The highest BCUT2D eigenvalue weighted by Crippen LogP contribution is 2.37. The number of hydrogen-bond donors (Lipinski definition) is 1. The van der Waals surface area contributed by atoms with Gasteiger partial charge in [0.2, 0.25) is 5.91 Å². The molecule has 5 nitrogen and oxygen atoms in total. The predicted octanol–water partition coefficient (Wildman–Crippen LogP) is 4.61. The van der Waals surface area contributed by atoms with Crippen LogP contribution in [0, 0.1) is 0 Å². The number of hydrogen-bond acceptors (Lipinski definition) is 4. The summed E-state index contributed by atoms with van der Waals surface area (Å²) in [5.41, 5.74) is 2.82. The summed E-state index contributed by atoms with van der Waals surface area (Å²) in [5, 5.41) is 3.08. The average Bonchev–Trinajstić information content (AvgIpc) is 3.48. The van der Waals surface area contributed by atoms with Gasteiger partial charge >= 0.3 is 0 Å². The standard InChI is InChI=1S/C24H25N3O2S/c1-25-20(28)16-27(19-14-8-9-15-19)24(29)23-26-21(17-10-4-2-5-11-17)22(30-23)18-12-6-3-7-13-18/h2-7,10-13,19H,8-9,14-16H2,1H3,(H,25,28). The van der Waals surface area contributed by atoms with Crippen LogP contribution in [0.1, 0.15) is 35.5 Å². The molecule has 0 radical (unpaired) electrons. The number of nitrogens with zero attached hydrogens (tertiary/aromatic N) is 2. The van der Waals surface area contributed by atoms with Crippen molar-refractivity contribution in [1.82, 2.24) is 15.2 Å². The van der Waals surface area contributed by atoms with Crippen LogP contribution >= 0.6 is 11.3 Å². The first-order valence-electron chi connectivity index (χ1n) is 10.3. The lowest BCUT2D eigenvalue weighted by molar-refractivity contribution is -0.121. The van der Waals surface area contributed by atoms with E-state index in [1.807, 2.05) is 60.7 Å². The predicted molar refractivity (Wildman–Crippen MR) is 120 cm³/mol. The fourth-order valence-electron chi connectivity index (χ4n) is 3.93. The first-order valence-corrected chi connectivity index (χ1v) is 11.1. The largest absolute Gasteiger partial charge is 0.358 e. The van der Waals surface area contributed by atoms with E-state index in [2.05, 4.69) is 5.32 Å². The van der Waals surface area contributed by atoms with Gasteiger partial charge in [-0.15, -0.1) is 11.3 Å². The van der Waals surface area contributed by atoms with Gasteiger partial charge in [-0.2, -0.15) is 0 Å². The Morgan fingerprint density at radius 3 is 2.20 bits per heavy atom. The normalized spacial score (nSPS) is 13.9. The van der Waals surface area contributed by atoms with E-state index < -0.39 is 0 Å². The second-order valence-corrected chi connectivity index (χ2v) is 8.47. The highest BCUT2D eigenvalue weighted by atomic mass is 32.1. The van der Waals surface area contributed by atoms with Gasteiger partial charge in [-0.1, -0.05) is 73.5 Å². The quantitative estimate of drug-likeness (QED) is 0.635. The summed E-state index contributed by atoms with van der Waals surface area (Å²) in [4.78, 5) is 33.1. The Hall–Kier alpha value is -2.99. The van der Waals surface area contributed by atoms with Crippen molar-refractivity contribution < 1.29 is 9.59 Å². The van der Waals surface area contributed by atoms with Crippen molar-refractivity contribution in [2.24, 2.45) is 0 Å². The topological polar surface area (TPSA) is 62.3 Å².